The van der Waals surface area contributed by atoms with Crippen LogP contribution in [0.2, 0.25) is 0 Å². The lowest BCUT2D eigenvalue weighted by Crippen LogP contribution is -2.13. The fourth-order valence-corrected chi connectivity index (χ4v) is 4.65. The first kappa shape index (κ1) is 20.0. The topological polar surface area (TPSA) is 0 Å². The largest absolute Gasteiger partial charge is 0.207 e. The molecular weight excluding hydrogens is 338 g/mol. The molecule has 146 valence electrons. The van der Waals surface area contributed by atoms with Gasteiger partial charge in [0.25, 0.3) is 0 Å². The van der Waals surface area contributed by atoms with Crippen molar-refractivity contribution in [2.75, 3.05) is 0 Å². The zero-order chi connectivity index (χ0) is 19.4. The Bertz CT molecular complexity index is 757. The van der Waals surface area contributed by atoms with Crippen molar-refractivity contribution in [1.29, 1.82) is 0 Å². The maximum absolute atomic E-state index is 14.7. The van der Waals surface area contributed by atoms with E-state index in [9.17, 15) is 8.78 Å². The zero-order valence-corrected chi connectivity index (χ0v) is 16.9. The summed E-state index contributed by atoms with van der Waals surface area (Å²) in [6.07, 6.45) is 8.00. The van der Waals surface area contributed by atoms with Gasteiger partial charge in [-0.3, -0.25) is 0 Å². The molecule has 1 saturated carbocycles. The van der Waals surface area contributed by atoms with Gasteiger partial charge >= 0.3 is 0 Å². The van der Waals surface area contributed by atoms with Crippen LogP contribution >= 0.6 is 0 Å². The minimum absolute atomic E-state index is 0.0459. The molecule has 0 N–H and O–H groups in total. The van der Waals surface area contributed by atoms with Gasteiger partial charge in [0.1, 0.15) is 11.6 Å². The average molecular weight is 371 g/mol. The molecule has 27 heavy (non-hydrogen) atoms. The molecule has 0 aromatic heterocycles. The second-order valence-electron chi connectivity index (χ2n) is 8.49. The summed E-state index contributed by atoms with van der Waals surface area (Å²) in [6, 6.07) is 11.1. The van der Waals surface area contributed by atoms with Gasteiger partial charge < -0.3 is 0 Å². The van der Waals surface area contributed by atoms with Crippen LogP contribution in [0.25, 0.3) is 0 Å². The fourth-order valence-electron chi connectivity index (χ4n) is 4.65. The zero-order valence-electron chi connectivity index (χ0n) is 16.9. The van der Waals surface area contributed by atoms with Gasteiger partial charge in [0, 0.05) is 0 Å². The number of hydrogen-bond acceptors (Lipinski definition) is 0. The van der Waals surface area contributed by atoms with Crippen molar-refractivity contribution >= 4 is 0 Å². The molecule has 3 rings (SSSR count). The second kappa shape index (κ2) is 8.99. The lowest BCUT2D eigenvalue weighted by atomic mass is 9.77. The molecule has 0 spiro atoms. The molecule has 1 aliphatic rings. The Hall–Kier alpha value is -1.70. The van der Waals surface area contributed by atoms with E-state index in [1.807, 2.05) is 32.0 Å². The monoisotopic (exact) mass is 370 g/mol. The van der Waals surface area contributed by atoms with Gasteiger partial charge in [-0.2, -0.15) is 0 Å². The highest BCUT2D eigenvalue weighted by molar-refractivity contribution is 5.31. The molecule has 2 aromatic carbocycles. The normalized spacial score (nSPS) is 21.2. The summed E-state index contributed by atoms with van der Waals surface area (Å²) in [5, 5.41) is 0. The minimum Gasteiger partial charge on any atom is -0.207 e. The van der Waals surface area contributed by atoms with Gasteiger partial charge in [0.15, 0.2) is 0 Å². The van der Waals surface area contributed by atoms with Gasteiger partial charge in [-0.05, 0) is 91.2 Å². The van der Waals surface area contributed by atoms with Crippen LogP contribution in [0, 0.1) is 24.5 Å². The fraction of sp³-hybridized carbons (Fsp3) is 0.520. The van der Waals surface area contributed by atoms with E-state index in [2.05, 4.69) is 13.0 Å². The SMILES string of the molecule is CCCC1CCC(c2ccc(C[C@@H](C)c3ccc(C)cc3F)c(F)c2)CC1. The van der Waals surface area contributed by atoms with Crippen LogP contribution in [0.1, 0.15) is 86.5 Å². The Kier molecular flexibility index (Phi) is 6.68. The molecule has 1 atom stereocenters. The van der Waals surface area contributed by atoms with E-state index in [0.717, 1.165) is 17.0 Å². The Morgan fingerprint density at radius 2 is 1.70 bits per heavy atom. The summed E-state index contributed by atoms with van der Waals surface area (Å²) in [4.78, 5) is 0. The molecular formula is C25H32F2. The van der Waals surface area contributed by atoms with Gasteiger partial charge in [-0.15, -0.1) is 0 Å². The number of benzene rings is 2. The smallest absolute Gasteiger partial charge is 0.126 e. The molecule has 0 saturated heterocycles. The lowest BCUT2D eigenvalue weighted by Gasteiger charge is -2.29. The van der Waals surface area contributed by atoms with Crippen LogP contribution in [-0.4, -0.2) is 0 Å². The van der Waals surface area contributed by atoms with Gasteiger partial charge in [-0.25, -0.2) is 8.78 Å². The summed E-state index contributed by atoms with van der Waals surface area (Å²) in [5.41, 5.74) is 3.40. The third kappa shape index (κ3) is 4.97. The Morgan fingerprint density at radius 1 is 0.963 bits per heavy atom. The van der Waals surface area contributed by atoms with E-state index >= 15 is 0 Å². The van der Waals surface area contributed by atoms with Crippen molar-refractivity contribution in [3.63, 3.8) is 0 Å². The van der Waals surface area contributed by atoms with Crippen LogP contribution in [-0.2, 0) is 6.42 Å². The molecule has 0 bridgehead atoms. The molecule has 0 unspecified atom stereocenters. The van der Waals surface area contributed by atoms with E-state index in [4.69, 9.17) is 0 Å². The lowest BCUT2D eigenvalue weighted by molar-refractivity contribution is 0.308. The molecule has 0 radical (unpaired) electrons. The van der Waals surface area contributed by atoms with Crippen molar-refractivity contribution in [3.8, 4) is 0 Å². The van der Waals surface area contributed by atoms with Crippen LogP contribution < -0.4 is 0 Å². The summed E-state index contributed by atoms with van der Waals surface area (Å²) >= 11 is 0. The van der Waals surface area contributed by atoms with Crippen LogP contribution in [0.5, 0.6) is 0 Å². The van der Waals surface area contributed by atoms with Gasteiger partial charge in [-0.1, -0.05) is 51.0 Å². The summed E-state index contributed by atoms with van der Waals surface area (Å²) in [5.74, 6) is 0.982. The van der Waals surface area contributed by atoms with Crippen molar-refractivity contribution in [2.24, 2.45) is 5.92 Å². The second-order valence-corrected chi connectivity index (χ2v) is 8.49. The van der Waals surface area contributed by atoms with Crippen molar-refractivity contribution in [3.05, 3.63) is 70.3 Å². The molecule has 2 aromatic rings. The standard InChI is InChI=1S/C25H32F2/c1-4-5-19-7-9-20(10-8-19)21-11-12-22(24(26)16-21)15-18(3)23-13-6-17(2)14-25(23)27/h6,11-14,16,18-20H,4-5,7-10,15H2,1-3H3/t18-,19?,20?/m1/s1. The first-order chi connectivity index (χ1) is 13.0. The van der Waals surface area contributed by atoms with Crippen molar-refractivity contribution in [2.45, 2.75) is 77.6 Å². The minimum atomic E-state index is -0.191. The van der Waals surface area contributed by atoms with Crippen LogP contribution in [0.3, 0.4) is 0 Å². The molecule has 2 heteroatoms. The number of hydrogen-bond donors (Lipinski definition) is 0. The third-order valence-corrected chi connectivity index (χ3v) is 6.31. The predicted molar refractivity (Wildman–Crippen MR) is 109 cm³/mol. The number of halogens is 2. The van der Waals surface area contributed by atoms with E-state index < -0.39 is 0 Å². The number of rotatable bonds is 6. The molecule has 0 amide bonds. The average Bonchev–Trinajstić information content (AvgIpc) is 2.64. The third-order valence-electron chi connectivity index (χ3n) is 6.31. The number of aryl methyl sites for hydroxylation is 1. The van der Waals surface area contributed by atoms with Gasteiger partial charge in [0.05, 0.1) is 0 Å². The highest BCUT2D eigenvalue weighted by Crippen LogP contribution is 2.38. The summed E-state index contributed by atoms with van der Waals surface area (Å²) in [6.45, 7) is 6.10. The Balaban J connectivity index is 1.66. The van der Waals surface area contributed by atoms with Crippen molar-refractivity contribution < 1.29 is 8.78 Å². The summed E-state index contributed by atoms with van der Waals surface area (Å²) < 4.78 is 29.0. The predicted octanol–water partition coefficient (Wildman–Crippen LogP) is 7.69. The molecule has 0 nitrogen and oxygen atoms in total. The maximum Gasteiger partial charge on any atom is 0.126 e. The van der Waals surface area contributed by atoms with E-state index in [1.165, 1.54) is 38.5 Å². The van der Waals surface area contributed by atoms with Crippen molar-refractivity contribution in [1.82, 2.24) is 0 Å². The van der Waals surface area contributed by atoms with E-state index in [0.29, 0.717) is 23.5 Å². The maximum atomic E-state index is 14.7. The first-order valence-corrected chi connectivity index (χ1v) is 10.5. The molecule has 0 aliphatic heterocycles. The van der Waals surface area contributed by atoms with Gasteiger partial charge in [0.2, 0.25) is 0 Å². The van der Waals surface area contributed by atoms with Crippen LogP contribution in [0.4, 0.5) is 8.78 Å². The quantitative estimate of drug-likeness (QED) is 0.489. The molecule has 1 aliphatic carbocycles. The highest BCUT2D eigenvalue weighted by atomic mass is 19.1. The van der Waals surface area contributed by atoms with E-state index in [-0.39, 0.29) is 17.6 Å². The van der Waals surface area contributed by atoms with E-state index in [1.54, 1.807) is 12.1 Å². The van der Waals surface area contributed by atoms with Crippen LogP contribution in [0.15, 0.2) is 36.4 Å². The highest BCUT2D eigenvalue weighted by Gasteiger charge is 2.23. The molecule has 0 heterocycles. The summed E-state index contributed by atoms with van der Waals surface area (Å²) in [7, 11) is 0. The molecule has 1 fully saturated rings. The Morgan fingerprint density at radius 3 is 2.33 bits per heavy atom. The first-order valence-electron chi connectivity index (χ1n) is 10.5. The Labute approximate surface area is 163 Å².